The SMILES string of the molecule is Cc1ccc(C(C)C)cc1OCc1nc(CCl)cs1. The van der Waals surface area contributed by atoms with Crippen molar-refractivity contribution in [3.8, 4) is 5.75 Å². The first-order valence-corrected chi connectivity index (χ1v) is 7.74. The van der Waals surface area contributed by atoms with Crippen molar-refractivity contribution in [2.75, 3.05) is 0 Å². The number of alkyl halides is 1. The molecule has 0 aliphatic heterocycles. The number of nitrogens with zero attached hydrogens (tertiary/aromatic N) is 1. The summed E-state index contributed by atoms with van der Waals surface area (Å²) in [5.41, 5.74) is 3.36. The molecular weight excluding hydrogens is 278 g/mol. The molecule has 19 heavy (non-hydrogen) atoms. The second-order valence-electron chi connectivity index (χ2n) is 4.83. The van der Waals surface area contributed by atoms with Gasteiger partial charge in [-0.05, 0) is 30.0 Å². The summed E-state index contributed by atoms with van der Waals surface area (Å²) < 4.78 is 5.88. The lowest BCUT2D eigenvalue weighted by atomic mass is 10.0. The monoisotopic (exact) mass is 295 g/mol. The summed E-state index contributed by atoms with van der Waals surface area (Å²) in [6.07, 6.45) is 0. The number of hydrogen-bond donors (Lipinski definition) is 0. The van der Waals surface area contributed by atoms with Crippen LogP contribution in [0, 0.1) is 6.92 Å². The summed E-state index contributed by atoms with van der Waals surface area (Å²) in [4.78, 5) is 4.39. The van der Waals surface area contributed by atoms with E-state index in [0.29, 0.717) is 18.4 Å². The minimum Gasteiger partial charge on any atom is -0.486 e. The van der Waals surface area contributed by atoms with E-state index in [1.807, 2.05) is 5.38 Å². The van der Waals surface area contributed by atoms with Crippen molar-refractivity contribution in [1.29, 1.82) is 0 Å². The maximum atomic E-state index is 5.88. The molecule has 0 unspecified atom stereocenters. The Labute approximate surface area is 123 Å². The summed E-state index contributed by atoms with van der Waals surface area (Å²) in [6, 6.07) is 6.38. The van der Waals surface area contributed by atoms with Crippen LogP contribution in [0.4, 0.5) is 0 Å². The zero-order valence-electron chi connectivity index (χ0n) is 11.4. The van der Waals surface area contributed by atoms with Crippen LogP contribution in [-0.4, -0.2) is 4.98 Å². The highest BCUT2D eigenvalue weighted by Gasteiger charge is 2.07. The quantitative estimate of drug-likeness (QED) is 0.733. The first-order valence-electron chi connectivity index (χ1n) is 6.32. The molecule has 1 aromatic carbocycles. The summed E-state index contributed by atoms with van der Waals surface area (Å²) >= 11 is 7.33. The lowest BCUT2D eigenvalue weighted by Gasteiger charge is -2.12. The molecule has 2 nitrogen and oxygen atoms in total. The van der Waals surface area contributed by atoms with Crippen molar-refractivity contribution in [2.24, 2.45) is 0 Å². The van der Waals surface area contributed by atoms with Gasteiger partial charge in [-0.1, -0.05) is 26.0 Å². The van der Waals surface area contributed by atoms with Gasteiger partial charge in [-0.25, -0.2) is 4.98 Å². The van der Waals surface area contributed by atoms with Crippen LogP contribution in [-0.2, 0) is 12.5 Å². The van der Waals surface area contributed by atoms with Crippen LogP contribution in [0.1, 0.15) is 41.6 Å². The van der Waals surface area contributed by atoms with E-state index >= 15 is 0 Å². The zero-order chi connectivity index (χ0) is 13.8. The summed E-state index contributed by atoms with van der Waals surface area (Å²) in [5.74, 6) is 1.90. The third-order valence-electron chi connectivity index (χ3n) is 2.97. The van der Waals surface area contributed by atoms with Crippen molar-refractivity contribution in [3.05, 3.63) is 45.4 Å². The molecule has 0 saturated heterocycles. The molecule has 2 rings (SSSR count). The van der Waals surface area contributed by atoms with E-state index in [0.717, 1.165) is 22.0 Å². The number of benzene rings is 1. The molecule has 0 fully saturated rings. The lowest BCUT2D eigenvalue weighted by Crippen LogP contribution is -1.98. The van der Waals surface area contributed by atoms with E-state index < -0.39 is 0 Å². The fourth-order valence-electron chi connectivity index (χ4n) is 1.75. The maximum Gasteiger partial charge on any atom is 0.140 e. The number of rotatable bonds is 5. The molecule has 4 heteroatoms. The highest BCUT2D eigenvalue weighted by molar-refractivity contribution is 7.09. The number of halogens is 1. The number of ether oxygens (including phenoxy) is 1. The van der Waals surface area contributed by atoms with Crippen molar-refractivity contribution in [1.82, 2.24) is 4.98 Å². The van der Waals surface area contributed by atoms with Gasteiger partial charge in [-0.2, -0.15) is 0 Å². The van der Waals surface area contributed by atoms with Gasteiger partial charge in [0.25, 0.3) is 0 Å². The van der Waals surface area contributed by atoms with E-state index in [1.54, 1.807) is 11.3 Å². The van der Waals surface area contributed by atoms with Crippen molar-refractivity contribution in [3.63, 3.8) is 0 Å². The topological polar surface area (TPSA) is 22.1 Å². The Morgan fingerprint density at radius 3 is 2.79 bits per heavy atom. The Balaban J connectivity index is 2.08. The second kappa shape index (κ2) is 6.40. The van der Waals surface area contributed by atoms with E-state index in [4.69, 9.17) is 16.3 Å². The van der Waals surface area contributed by atoms with Crippen LogP contribution in [0.2, 0.25) is 0 Å². The number of aryl methyl sites for hydroxylation is 1. The first-order chi connectivity index (χ1) is 9.10. The van der Waals surface area contributed by atoms with E-state index in [9.17, 15) is 0 Å². The molecule has 0 aliphatic rings. The standard InChI is InChI=1S/C15H18ClNOS/c1-10(2)12-5-4-11(3)14(6-12)18-8-15-17-13(7-16)9-19-15/h4-6,9-10H,7-8H2,1-3H3. The predicted octanol–water partition coefficient (Wildman–Crippen LogP) is 4.89. The molecule has 102 valence electrons. The van der Waals surface area contributed by atoms with Gasteiger partial charge < -0.3 is 4.74 Å². The van der Waals surface area contributed by atoms with Gasteiger partial charge in [0.1, 0.15) is 17.4 Å². The van der Waals surface area contributed by atoms with Crippen LogP contribution in [0.3, 0.4) is 0 Å². The highest BCUT2D eigenvalue weighted by Crippen LogP contribution is 2.25. The molecular formula is C15H18ClNOS. The van der Waals surface area contributed by atoms with Gasteiger partial charge in [-0.3, -0.25) is 0 Å². The van der Waals surface area contributed by atoms with Crippen LogP contribution in [0.25, 0.3) is 0 Å². The van der Waals surface area contributed by atoms with Crippen LogP contribution in [0.15, 0.2) is 23.6 Å². The Hall–Kier alpha value is -1.06. The van der Waals surface area contributed by atoms with E-state index in [2.05, 4.69) is 44.0 Å². The third kappa shape index (κ3) is 3.71. The van der Waals surface area contributed by atoms with Gasteiger partial charge in [-0.15, -0.1) is 22.9 Å². The molecule has 0 amide bonds. The molecule has 1 heterocycles. The average Bonchev–Trinajstić information content (AvgIpc) is 2.85. The van der Waals surface area contributed by atoms with Crippen molar-refractivity contribution >= 4 is 22.9 Å². The molecule has 0 aliphatic carbocycles. The molecule has 0 atom stereocenters. The minimum atomic E-state index is 0.457. The number of hydrogen-bond acceptors (Lipinski definition) is 3. The third-order valence-corrected chi connectivity index (χ3v) is 4.11. The summed E-state index contributed by atoms with van der Waals surface area (Å²) in [6.45, 7) is 6.93. The predicted molar refractivity (Wildman–Crippen MR) is 81.3 cm³/mol. The maximum absolute atomic E-state index is 5.88. The summed E-state index contributed by atoms with van der Waals surface area (Å²) in [5, 5.41) is 2.94. The molecule has 0 spiro atoms. The lowest BCUT2D eigenvalue weighted by molar-refractivity contribution is 0.303. The first kappa shape index (κ1) is 14.4. The Morgan fingerprint density at radius 1 is 1.37 bits per heavy atom. The minimum absolute atomic E-state index is 0.457. The number of aromatic nitrogens is 1. The molecule has 2 aromatic rings. The molecule has 0 bridgehead atoms. The smallest absolute Gasteiger partial charge is 0.140 e. The van der Waals surface area contributed by atoms with Gasteiger partial charge in [0.15, 0.2) is 0 Å². The van der Waals surface area contributed by atoms with Gasteiger partial charge in [0.2, 0.25) is 0 Å². The van der Waals surface area contributed by atoms with Crippen molar-refractivity contribution in [2.45, 2.75) is 39.2 Å². The Morgan fingerprint density at radius 2 is 2.16 bits per heavy atom. The average molecular weight is 296 g/mol. The van der Waals surface area contributed by atoms with E-state index in [-0.39, 0.29) is 0 Å². The molecule has 1 aromatic heterocycles. The second-order valence-corrected chi connectivity index (χ2v) is 6.04. The Kier molecular flexibility index (Phi) is 4.83. The van der Waals surface area contributed by atoms with Gasteiger partial charge in [0, 0.05) is 5.38 Å². The van der Waals surface area contributed by atoms with Gasteiger partial charge in [0.05, 0.1) is 11.6 Å². The normalized spacial score (nSPS) is 11.0. The van der Waals surface area contributed by atoms with Gasteiger partial charge >= 0.3 is 0 Å². The largest absolute Gasteiger partial charge is 0.486 e. The molecule has 0 saturated carbocycles. The van der Waals surface area contributed by atoms with Crippen molar-refractivity contribution < 1.29 is 4.74 Å². The van der Waals surface area contributed by atoms with Crippen LogP contribution >= 0.6 is 22.9 Å². The zero-order valence-corrected chi connectivity index (χ0v) is 13.0. The fourth-order valence-corrected chi connectivity index (χ4v) is 2.68. The Bertz CT molecular complexity index is 551. The van der Waals surface area contributed by atoms with Crippen LogP contribution < -0.4 is 4.74 Å². The molecule has 0 radical (unpaired) electrons. The van der Waals surface area contributed by atoms with E-state index in [1.165, 1.54) is 5.56 Å². The summed E-state index contributed by atoms with van der Waals surface area (Å²) in [7, 11) is 0. The fraction of sp³-hybridized carbons (Fsp3) is 0.400. The number of thiazole rings is 1. The highest BCUT2D eigenvalue weighted by atomic mass is 35.5. The molecule has 0 N–H and O–H groups in total. The van der Waals surface area contributed by atoms with Crippen LogP contribution in [0.5, 0.6) is 5.75 Å².